The van der Waals surface area contributed by atoms with Gasteiger partial charge in [-0.15, -0.1) is 0 Å². The van der Waals surface area contributed by atoms with Gasteiger partial charge >= 0.3 is 0 Å². The summed E-state index contributed by atoms with van der Waals surface area (Å²) < 4.78 is 25.2. The quantitative estimate of drug-likeness (QED) is 0.852. The predicted octanol–water partition coefficient (Wildman–Crippen LogP) is 2.52. The number of hydrogen-bond acceptors (Lipinski definition) is 5. The van der Waals surface area contributed by atoms with E-state index in [1.807, 2.05) is 26.0 Å². The third-order valence-corrected chi connectivity index (χ3v) is 5.39. The molecule has 2 fully saturated rings. The van der Waals surface area contributed by atoms with Gasteiger partial charge in [-0.3, -0.25) is 9.80 Å². The highest BCUT2D eigenvalue weighted by molar-refractivity contribution is 5.21. The molecule has 2 saturated heterocycles. The van der Waals surface area contributed by atoms with Crippen molar-refractivity contribution in [2.75, 3.05) is 26.2 Å². The van der Waals surface area contributed by atoms with Crippen LogP contribution in [0.5, 0.6) is 0 Å². The molecule has 0 unspecified atom stereocenters. The molecule has 2 aliphatic heterocycles. The van der Waals surface area contributed by atoms with Gasteiger partial charge in [0.1, 0.15) is 11.6 Å². The Balaban J connectivity index is 1.46. The van der Waals surface area contributed by atoms with Crippen molar-refractivity contribution in [3.05, 3.63) is 52.7 Å². The van der Waals surface area contributed by atoms with E-state index < -0.39 is 0 Å². The van der Waals surface area contributed by atoms with E-state index in [1.165, 1.54) is 11.6 Å². The number of likely N-dealkylation sites (tertiary alicyclic amines) is 1. The summed E-state index contributed by atoms with van der Waals surface area (Å²) in [4.78, 5) is 4.75. The van der Waals surface area contributed by atoms with Crippen LogP contribution in [0.3, 0.4) is 0 Å². The van der Waals surface area contributed by atoms with E-state index in [-0.39, 0.29) is 11.9 Å². The molecule has 6 heteroatoms. The highest BCUT2D eigenvalue weighted by Crippen LogP contribution is 2.27. The normalized spacial score (nSPS) is 24.6. The summed E-state index contributed by atoms with van der Waals surface area (Å²) >= 11 is 0. The van der Waals surface area contributed by atoms with Gasteiger partial charge in [-0.1, -0.05) is 23.4 Å². The molecule has 0 radical (unpaired) electrons. The van der Waals surface area contributed by atoms with Crippen LogP contribution in [0.15, 0.2) is 28.8 Å². The fourth-order valence-electron chi connectivity index (χ4n) is 3.96. The first-order valence-electron chi connectivity index (χ1n) is 8.85. The summed E-state index contributed by atoms with van der Waals surface area (Å²) in [6.07, 6.45) is 0.181. The fourth-order valence-corrected chi connectivity index (χ4v) is 3.96. The Labute approximate surface area is 147 Å². The Morgan fingerprint density at radius 3 is 2.80 bits per heavy atom. The molecule has 4 rings (SSSR count). The van der Waals surface area contributed by atoms with Crippen molar-refractivity contribution < 1.29 is 13.7 Å². The topological polar surface area (TPSA) is 41.7 Å². The number of hydrogen-bond donors (Lipinski definition) is 0. The van der Waals surface area contributed by atoms with Crippen molar-refractivity contribution in [2.45, 2.75) is 39.1 Å². The molecule has 0 spiro atoms. The molecule has 25 heavy (non-hydrogen) atoms. The van der Waals surface area contributed by atoms with Crippen LogP contribution >= 0.6 is 0 Å². The molecule has 0 amide bonds. The third-order valence-electron chi connectivity index (χ3n) is 5.39. The van der Waals surface area contributed by atoms with E-state index in [2.05, 4.69) is 15.0 Å². The minimum absolute atomic E-state index is 0.133. The van der Waals surface area contributed by atoms with Gasteiger partial charge in [0.25, 0.3) is 0 Å². The molecule has 3 heterocycles. The van der Waals surface area contributed by atoms with Crippen LogP contribution in [0.4, 0.5) is 4.39 Å². The summed E-state index contributed by atoms with van der Waals surface area (Å²) in [6, 6.07) is 7.34. The van der Waals surface area contributed by atoms with E-state index in [0.717, 1.165) is 49.8 Å². The smallest absolute Gasteiger partial charge is 0.138 e. The van der Waals surface area contributed by atoms with Gasteiger partial charge in [0.05, 0.1) is 24.4 Å². The zero-order valence-corrected chi connectivity index (χ0v) is 14.7. The van der Waals surface area contributed by atoms with Gasteiger partial charge in [0.15, 0.2) is 0 Å². The number of fused-ring (bicyclic) bond motifs is 1. The molecule has 1 aromatic heterocycles. The largest absolute Gasteiger partial charge is 0.374 e. The van der Waals surface area contributed by atoms with Gasteiger partial charge in [-0.05, 0) is 19.9 Å². The van der Waals surface area contributed by atoms with Crippen LogP contribution in [0.25, 0.3) is 0 Å². The van der Waals surface area contributed by atoms with Gasteiger partial charge < -0.3 is 9.26 Å². The molecule has 0 bridgehead atoms. The van der Waals surface area contributed by atoms with Crippen LogP contribution in [0, 0.1) is 19.7 Å². The molecule has 0 aliphatic carbocycles. The Kier molecular flexibility index (Phi) is 4.58. The first-order chi connectivity index (χ1) is 12.1. The van der Waals surface area contributed by atoms with Crippen molar-refractivity contribution in [1.82, 2.24) is 15.0 Å². The zero-order chi connectivity index (χ0) is 17.4. The third kappa shape index (κ3) is 3.34. The highest BCUT2D eigenvalue weighted by Gasteiger charge is 2.40. The number of rotatable bonds is 4. The highest BCUT2D eigenvalue weighted by atomic mass is 19.1. The van der Waals surface area contributed by atoms with Crippen molar-refractivity contribution in [1.29, 1.82) is 0 Å². The van der Waals surface area contributed by atoms with Gasteiger partial charge in [-0.2, -0.15) is 0 Å². The Morgan fingerprint density at radius 1 is 1.20 bits per heavy atom. The average molecular weight is 345 g/mol. The van der Waals surface area contributed by atoms with Crippen LogP contribution in [-0.2, 0) is 17.8 Å². The van der Waals surface area contributed by atoms with E-state index in [0.29, 0.717) is 12.6 Å². The molecular weight excluding hydrogens is 321 g/mol. The standard InChI is InChI=1S/C19H24FN3O2/c1-13-16(14(2)25-21-13)10-23-7-8-24-19-12-22(11-18(19)23)9-15-5-3-4-6-17(15)20/h3-6,18-19H,7-12H2,1-2H3/t18-,19+/m0/s1. The summed E-state index contributed by atoms with van der Waals surface area (Å²) in [6.45, 7) is 8.78. The lowest BCUT2D eigenvalue weighted by Gasteiger charge is -2.36. The lowest BCUT2D eigenvalue weighted by Crippen LogP contribution is -2.50. The van der Waals surface area contributed by atoms with Gasteiger partial charge in [0, 0.05) is 43.9 Å². The molecule has 5 nitrogen and oxygen atoms in total. The molecule has 1 aromatic carbocycles. The second kappa shape index (κ2) is 6.86. The molecule has 134 valence electrons. The summed E-state index contributed by atoms with van der Waals surface area (Å²) in [5.41, 5.74) is 2.88. The Morgan fingerprint density at radius 2 is 2.04 bits per heavy atom. The predicted molar refractivity (Wildman–Crippen MR) is 91.6 cm³/mol. The SMILES string of the molecule is Cc1noc(C)c1CN1CCO[C@@H]2CN(Cc3ccccc3F)C[C@@H]21. The van der Waals surface area contributed by atoms with Crippen molar-refractivity contribution in [3.63, 3.8) is 0 Å². The van der Waals surface area contributed by atoms with Crippen LogP contribution in [-0.4, -0.2) is 53.3 Å². The van der Waals surface area contributed by atoms with Crippen molar-refractivity contribution in [2.24, 2.45) is 0 Å². The number of nitrogens with zero attached hydrogens (tertiary/aromatic N) is 3. The molecule has 2 aromatic rings. The molecule has 0 saturated carbocycles. The van der Waals surface area contributed by atoms with E-state index in [1.54, 1.807) is 6.07 Å². The molecule has 2 atom stereocenters. The number of morpholine rings is 1. The van der Waals surface area contributed by atoms with E-state index >= 15 is 0 Å². The average Bonchev–Trinajstić information content (AvgIpc) is 3.15. The number of ether oxygens (including phenoxy) is 1. The zero-order valence-electron chi connectivity index (χ0n) is 14.7. The molecule has 0 N–H and O–H groups in total. The van der Waals surface area contributed by atoms with Crippen molar-refractivity contribution in [3.8, 4) is 0 Å². The van der Waals surface area contributed by atoms with Crippen LogP contribution in [0.2, 0.25) is 0 Å². The Hall–Kier alpha value is -1.76. The maximum Gasteiger partial charge on any atom is 0.138 e. The molecular formula is C19H24FN3O2. The molecule has 2 aliphatic rings. The van der Waals surface area contributed by atoms with E-state index in [4.69, 9.17) is 9.26 Å². The number of aromatic nitrogens is 1. The lowest BCUT2D eigenvalue weighted by atomic mass is 10.1. The monoisotopic (exact) mass is 345 g/mol. The first-order valence-corrected chi connectivity index (χ1v) is 8.85. The number of halogens is 1. The lowest BCUT2D eigenvalue weighted by molar-refractivity contribution is -0.0506. The van der Waals surface area contributed by atoms with Gasteiger partial charge in [-0.25, -0.2) is 4.39 Å². The maximum absolute atomic E-state index is 13.9. The number of benzene rings is 1. The second-order valence-corrected chi connectivity index (χ2v) is 7.04. The summed E-state index contributed by atoms with van der Waals surface area (Å²) in [7, 11) is 0. The maximum atomic E-state index is 13.9. The number of aryl methyl sites for hydroxylation is 2. The van der Waals surface area contributed by atoms with Crippen LogP contribution < -0.4 is 0 Å². The minimum Gasteiger partial charge on any atom is -0.374 e. The van der Waals surface area contributed by atoms with Gasteiger partial charge in [0.2, 0.25) is 0 Å². The summed E-state index contributed by atoms with van der Waals surface area (Å²) in [5, 5.41) is 4.06. The second-order valence-electron chi connectivity index (χ2n) is 7.04. The summed E-state index contributed by atoms with van der Waals surface area (Å²) in [5.74, 6) is 0.757. The first kappa shape index (κ1) is 16.7. The van der Waals surface area contributed by atoms with Crippen LogP contribution in [0.1, 0.15) is 22.6 Å². The van der Waals surface area contributed by atoms with Crippen molar-refractivity contribution >= 4 is 0 Å². The minimum atomic E-state index is -0.133. The fraction of sp³-hybridized carbons (Fsp3) is 0.526. The Bertz CT molecular complexity index is 729. The van der Waals surface area contributed by atoms with E-state index in [9.17, 15) is 4.39 Å².